The molecule has 0 bridgehead atoms. The average molecular weight is 454 g/mol. The van der Waals surface area contributed by atoms with E-state index in [0.717, 1.165) is 14.8 Å². The second-order valence-electron chi connectivity index (χ2n) is 5.49. The first kappa shape index (κ1) is 17.5. The minimum Gasteiger partial charge on any atom is -0.293 e. The molecule has 0 atom stereocenters. The first-order valence-electron chi connectivity index (χ1n) is 7.63. The van der Waals surface area contributed by atoms with Gasteiger partial charge in [0.05, 0.1) is 22.9 Å². The highest BCUT2D eigenvalue weighted by Crippen LogP contribution is 2.10. The van der Waals surface area contributed by atoms with Crippen LogP contribution in [0.3, 0.4) is 0 Å². The van der Waals surface area contributed by atoms with Gasteiger partial charge in [-0.3, -0.25) is 14.8 Å². The van der Waals surface area contributed by atoms with Crippen molar-refractivity contribution in [3.05, 3.63) is 57.4 Å². The Labute approximate surface area is 157 Å². The van der Waals surface area contributed by atoms with Gasteiger partial charge in [0.2, 0.25) is 11.9 Å². The lowest BCUT2D eigenvalue weighted by Gasteiger charge is -2.04. The zero-order valence-electron chi connectivity index (χ0n) is 13.5. The van der Waals surface area contributed by atoms with Crippen LogP contribution in [-0.4, -0.2) is 30.5 Å². The molecule has 0 aliphatic rings. The first-order valence-corrected chi connectivity index (χ1v) is 8.71. The fourth-order valence-corrected chi connectivity index (χ4v) is 2.70. The van der Waals surface area contributed by atoms with E-state index >= 15 is 0 Å². The summed E-state index contributed by atoms with van der Waals surface area (Å²) in [6.45, 7) is 2.83. The standard InChI is InChI=1S/C16H16FIN6O/c1-11-14(18)8-20-24(11)6-5-15(25)21-16-19-10-23(22-16)9-12-3-2-4-13(17)7-12/h2-4,7-8,10H,5-6,9H2,1H3,(H,21,22,25). The van der Waals surface area contributed by atoms with Crippen LogP contribution in [0.2, 0.25) is 0 Å². The van der Waals surface area contributed by atoms with Crippen LogP contribution in [0, 0.1) is 16.3 Å². The van der Waals surface area contributed by atoms with Crippen LogP contribution in [0.4, 0.5) is 10.3 Å². The summed E-state index contributed by atoms with van der Waals surface area (Å²) in [5, 5.41) is 11.1. The molecule has 0 radical (unpaired) electrons. The molecule has 9 heteroatoms. The molecule has 2 aromatic heterocycles. The summed E-state index contributed by atoms with van der Waals surface area (Å²) in [6.07, 6.45) is 3.54. The minimum atomic E-state index is -0.297. The molecule has 3 aromatic rings. The third kappa shape index (κ3) is 4.62. The van der Waals surface area contributed by atoms with Crippen LogP contribution >= 0.6 is 22.6 Å². The number of carbonyl (C=O) groups excluding carboxylic acids is 1. The summed E-state index contributed by atoms with van der Waals surface area (Å²) < 4.78 is 17.6. The highest BCUT2D eigenvalue weighted by molar-refractivity contribution is 14.1. The summed E-state index contributed by atoms with van der Waals surface area (Å²) in [5.41, 5.74) is 1.80. The van der Waals surface area contributed by atoms with Gasteiger partial charge in [-0.25, -0.2) is 14.1 Å². The van der Waals surface area contributed by atoms with Crippen LogP contribution < -0.4 is 5.32 Å². The second kappa shape index (κ2) is 7.72. The molecular weight excluding hydrogens is 438 g/mol. The predicted molar refractivity (Wildman–Crippen MR) is 98.5 cm³/mol. The number of nitrogens with one attached hydrogen (secondary N) is 1. The third-order valence-corrected chi connectivity index (χ3v) is 4.67. The molecular formula is C16H16FIN6O. The maximum atomic E-state index is 13.2. The van der Waals surface area contributed by atoms with Crippen molar-refractivity contribution in [2.75, 3.05) is 5.32 Å². The Morgan fingerprint density at radius 3 is 2.96 bits per heavy atom. The summed E-state index contributed by atoms with van der Waals surface area (Å²) in [5.74, 6) is -0.253. The Hall–Kier alpha value is -2.30. The molecule has 25 heavy (non-hydrogen) atoms. The number of amides is 1. The number of nitrogens with zero attached hydrogens (tertiary/aromatic N) is 5. The maximum Gasteiger partial charge on any atom is 0.248 e. The minimum absolute atomic E-state index is 0.187. The van der Waals surface area contributed by atoms with Crippen molar-refractivity contribution in [2.24, 2.45) is 0 Å². The highest BCUT2D eigenvalue weighted by atomic mass is 127. The van der Waals surface area contributed by atoms with Gasteiger partial charge in [0.15, 0.2) is 0 Å². The van der Waals surface area contributed by atoms with Crippen molar-refractivity contribution < 1.29 is 9.18 Å². The summed E-state index contributed by atoms with van der Waals surface area (Å²) in [4.78, 5) is 16.1. The Kier molecular flexibility index (Phi) is 5.41. The van der Waals surface area contributed by atoms with Gasteiger partial charge in [0, 0.05) is 12.1 Å². The largest absolute Gasteiger partial charge is 0.293 e. The fourth-order valence-electron chi connectivity index (χ4n) is 2.29. The molecule has 3 rings (SSSR count). The predicted octanol–water partition coefficient (Wildman–Crippen LogP) is 2.60. The number of aromatic nitrogens is 5. The van der Waals surface area contributed by atoms with Crippen molar-refractivity contribution in [2.45, 2.75) is 26.4 Å². The van der Waals surface area contributed by atoms with E-state index in [1.807, 2.05) is 6.92 Å². The number of anilines is 1. The van der Waals surface area contributed by atoms with E-state index in [2.05, 4.69) is 43.1 Å². The van der Waals surface area contributed by atoms with E-state index in [4.69, 9.17) is 0 Å². The van der Waals surface area contributed by atoms with Crippen LogP contribution in [0.15, 0.2) is 36.8 Å². The van der Waals surface area contributed by atoms with Crippen molar-refractivity contribution in [3.63, 3.8) is 0 Å². The van der Waals surface area contributed by atoms with Crippen LogP contribution in [0.5, 0.6) is 0 Å². The molecule has 130 valence electrons. The van der Waals surface area contributed by atoms with E-state index in [1.54, 1.807) is 27.7 Å². The lowest BCUT2D eigenvalue weighted by Crippen LogP contribution is -2.16. The van der Waals surface area contributed by atoms with E-state index < -0.39 is 0 Å². The fraction of sp³-hybridized carbons (Fsp3) is 0.250. The number of rotatable bonds is 6. The number of carbonyl (C=O) groups is 1. The number of hydrogen-bond donors (Lipinski definition) is 1. The van der Waals surface area contributed by atoms with Gasteiger partial charge >= 0.3 is 0 Å². The molecule has 1 N–H and O–H groups in total. The molecule has 0 unspecified atom stereocenters. The van der Waals surface area contributed by atoms with Gasteiger partial charge in [-0.2, -0.15) is 5.10 Å². The molecule has 1 amide bonds. The van der Waals surface area contributed by atoms with Crippen LogP contribution in [0.1, 0.15) is 17.7 Å². The van der Waals surface area contributed by atoms with Gasteiger partial charge in [-0.15, -0.1) is 5.10 Å². The molecule has 1 aromatic carbocycles. The molecule has 0 fully saturated rings. The maximum absolute atomic E-state index is 13.2. The SMILES string of the molecule is Cc1c(I)cnn1CCC(=O)Nc1ncn(Cc2cccc(F)c2)n1. The summed E-state index contributed by atoms with van der Waals surface area (Å²) in [6, 6.07) is 6.27. The number of hydrogen-bond acceptors (Lipinski definition) is 4. The molecule has 0 saturated carbocycles. The highest BCUT2D eigenvalue weighted by Gasteiger charge is 2.09. The first-order chi connectivity index (χ1) is 12.0. The smallest absolute Gasteiger partial charge is 0.248 e. The van der Waals surface area contributed by atoms with Crippen molar-refractivity contribution in [1.82, 2.24) is 24.5 Å². The van der Waals surface area contributed by atoms with Crippen molar-refractivity contribution in [1.29, 1.82) is 0 Å². The number of halogens is 2. The molecule has 0 aliphatic carbocycles. The zero-order chi connectivity index (χ0) is 17.8. The van der Waals surface area contributed by atoms with Gasteiger partial charge < -0.3 is 0 Å². The molecule has 0 aliphatic heterocycles. The zero-order valence-corrected chi connectivity index (χ0v) is 15.6. The van der Waals surface area contributed by atoms with Gasteiger partial charge in [-0.05, 0) is 47.2 Å². The average Bonchev–Trinajstić information content (AvgIpc) is 3.13. The Bertz CT molecular complexity index is 890. The lowest BCUT2D eigenvalue weighted by molar-refractivity contribution is -0.116. The number of benzene rings is 1. The third-order valence-electron chi connectivity index (χ3n) is 3.62. The van der Waals surface area contributed by atoms with Gasteiger partial charge in [0.1, 0.15) is 12.1 Å². The van der Waals surface area contributed by atoms with E-state index in [-0.39, 0.29) is 24.1 Å². The number of aryl methyl sites for hydroxylation is 1. The lowest BCUT2D eigenvalue weighted by atomic mass is 10.2. The Morgan fingerprint density at radius 1 is 1.40 bits per heavy atom. The van der Waals surface area contributed by atoms with E-state index in [1.165, 1.54) is 18.5 Å². The Morgan fingerprint density at radius 2 is 2.24 bits per heavy atom. The van der Waals surface area contributed by atoms with Gasteiger partial charge in [-0.1, -0.05) is 12.1 Å². The molecule has 2 heterocycles. The van der Waals surface area contributed by atoms with E-state index in [9.17, 15) is 9.18 Å². The Balaban J connectivity index is 1.54. The van der Waals surface area contributed by atoms with Crippen LogP contribution in [0.25, 0.3) is 0 Å². The molecule has 0 spiro atoms. The monoisotopic (exact) mass is 454 g/mol. The van der Waals surface area contributed by atoms with Gasteiger partial charge in [0.25, 0.3) is 0 Å². The van der Waals surface area contributed by atoms with Crippen LogP contribution in [-0.2, 0) is 17.9 Å². The summed E-state index contributed by atoms with van der Waals surface area (Å²) >= 11 is 2.20. The molecule has 0 saturated heterocycles. The topological polar surface area (TPSA) is 77.6 Å². The molecule has 7 nitrogen and oxygen atoms in total. The van der Waals surface area contributed by atoms with Crippen molar-refractivity contribution in [3.8, 4) is 0 Å². The summed E-state index contributed by atoms with van der Waals surface area (Å²) in [7, 11) is 0. The second-order valence-corrected chi connectivity index (χ2v) is 6.66. The van der Waals surface area contributed by atoms with E-state index in [0.29, 0.717) is 13.1 Å². The normalized spacial score (nSPS) is 10.8. The quantitative estimate of drug-likeness (QED) is 0.581. The van der Waals surface area contributed by atoms with Crippen molar-refractivity contribution >= 4 is 34.4 Å².